The van der Waals surface area contributed by atoms with E-state index in [1.165, 1.54) is 83.5 Å². The number of phenolic OH excluding ortho intramolecular Hbond substituents is 1. The summed E-state index contributed by atoms with van der Waals surface area (Å²) in [6, 6.07) is 6.93. The van der Waals surface area contributed by atoms with Crippen molar-refractivity contribution in [3.05, 3.63) is 24.3 Å². The van der Waals surface area contributed by atoms with Gasteiger partial charge in [0.15, 0.2) is 0 Å². The van der Waals surface area contributed by atoms with Gasteiger partial charge >= 0.3 is 0 Å². The van der Waals surface area contributed by atoms with E-state index in [9.17, 15) is 14.7 Å². The minimum absolute atomic E-state index is 0.00784. The van der Waals surface area contributed by atoms with E-state index in [0.717, 1.165) is 17.7 Å². The molecule has 5 nitrogen and oxygen atoms in total. The third-order valence-electron chi connectivity index (χ3n) is 6.01. The van der Waals surface area contributed by atoms with Gasteiger partial charge in [-0.2, -0.15) is 0 Å². The molecule has 1 aromatic carbocycles. The third kappa shape index (κ3) is 18.7. The highest BCUT2D eigenvalue weighted by atomic mass is 32.2. The SMILES string of the molecule is CCCCCCCCCCCCCCCCCC(=O)NCNC(=O)CCSc1ccc(O)cc1. The quantitative estimate of drug-likeness (QED) is 0.0899. The molecular weight excluding hydrogens is 444 g/mol. The highest BCUT2D eigenvalue weighted by Crippen LogP contribution is 2.21. The van der Waals surface area contributed by atoms with Gasteiger partial charge < -0.3 is 15.7 Å². The topological polar surface area (TPSA) is 78.4 Å². The number of thioether (sulfide) groups is 1. The Morgan fingerprint density at radius 1 is 0.676 bits per heavy atom. The van der Waals surface area contributed by atoms with E-state index in [-0.39, 0.29) is 24.2 Å². The van der Waals surface area contributed by atoms with Crippen LogP contribution in [0, 0.1) is 0 Å². The van der Waals surface area contributed by atoms with Crippen LogP contribution in [0.4, 0.5) is 0 Å². The maximum Gasteiger partial charge on any atom is 0.222 e. The van der Waals surface area contributed by atoms with Crippen LogP contribution in [-0.4, -0.2) is 29.3 Å². The molecule has 0 atom stereocenters. The molecule has 0 unspecified atom stereocenters. The summed E-state index contributed by atoms with van der Waals surface area (Å²) < 4.78 is 0. The molecule has 0 aliphatic rings. The zero-order valence-electron chi connectivity index (χ0n) is 21.4. The lowest BCUT2D eigenvalue weighted by atomic mass is 10.0. The van der Waals surface area contributed by atoms with E-state index in [2.05, 4.69) is 17.6 Å². The molecule has 0 aromatic heterocycles. The summed E-state index contributed by atoms with van der Waals surface area (Å²) in [5.41, 5.74) is 0. The second kappa shape index (κ2) is 21.8. The Morgan fingerprint density at radius 2 is 1.12 bits per heavy atom. The van der Waals surface area contributed by atoms with Gasteiger partial charge in [0, 0.05) is 23.5 Å². The molecule has 34 heavy (non-hydrogen) atoms. The Morgan fingerprint density at radius 3 is 1.62 bits per heavy atom. The van der Waals surface area contributed by atoms with E-state index in [1.54, 1.807) is 23.9 Å². The molecule has 194 valence electrons. The Balaban J connectivity index is 1.82. The fourth-order valence-corrected chi connectivity index (χ4v) is 4.73. The molecule has 0 aliphatic heterocycles. The van der Waals surface area contributed by atoms with Gasteiger partial charge in [-0.3, -0.25) is 9.59 Å². The van der Waals surface area contributed by atoms with Crippen molar-refractivity contribution in [3.63, 3.8) is 0 Å². The first-order valence-electron chi connectivity index (χ1n) is 13.6. The summed E-state index contributed by atoms with van der Waals surface area (Å²) in [6.45, 7) is 2.46. The predicted molar refractivity (Wildman–Crippen MR) is 144 cm³/mol. The number of benzene rings is 1. The average Bonchev–Trinajstić information content (AvgIpc) is 2.83. The van der Waals surface area contributed by atoms with E-state index in [1.807, 2.05) is 12.1 Å². The number of nitrogens with one attached hydrogen (secondary N) is 2. The number of hydrogen-bond donors (Lipinski definition) is 3. The Bertz CT molecular complexity index is 637. The second-order valence-electron chi connectivity index (χ2n) is 9.17. The lowest BCUT2D eigenvalue weighted by Gasteiger charge is -2.08. The standard InChI is InChI=1S/C28H48N2O3S/c1-2-3-4-5-6-7-8-9-10-11-12-13-14-15-16-17-27(32)29-24-30-28(33)22-23-34-26-20-18-25(31)19-21-26/h18-21,31H,2-17,22-24H2,1H3,(H,29,32)(H,30,33). The summed E-state index contributed by atoms with van der Waals surface area (Å²) in [6.07, 6.45) is 20.7. The number of carbonyl (C=O) groups is 2. The highest BCUT2D eigenvalue weighted by Gasteiger charge is 2.04. The van der Waals surface area contributed by atoms with Crippen LogP contribution in [-0.2, 0) is 9.59 Å². The molecule has 3 N–H and O–H groups in total. The lowest BCUT2D eigenvalue weighted by Crippen LogP contribution is -2.37. The number of rotatable bonds is 22. The van der Waals surface area contributed by atoms with Crippen LogP contribution in [0.5, 0.6) is 5.75 Å². The smallest absolute Gasteiger partial charge is 0.222 e. The second-order valence-corrected chi connectivity index (χ2v) is 10.3. The van der Waals surface area contributed by atoms with Crippen molar-refractivity contribution in [1.29, 1.82) is 0 Å². The molecule has 0 saturated carbocycles. The maximum atomic E-state index is 11.9. The highest BCUT2D eigenvalue weighted by molar-refractivity contribution is 7.99. The molecule has 6 heteroatoms. The molecule has 0 bridgehead atoms. The van der Waals surface area contributed by atoms with E-state index >= 15 is 0 Å². The minimum atomic E-state index is -0.0708. The molecule has 0 saturated heterocycles. The predicted octanol–water partition coefficient (Wildman–Crippen LogP) is 7.33. The van der Waals surface area contributed by atoms with Crippen LogP contribution >= 0.6 is 11.8 Å². The van der Waals surface area contributed by atoms with Crippen molar-refractivity contribution >= 4 is 23.6 Å². The van der Waals surface area contributed by atoms with E-state index in [4.69, 9.17) is 0 Å². The summed E-state index contributed by atoms with van der Waals surface area (Å²) in [4.78, 5) is 24.8. The van der Waals surface area contributed by atoms with Gasteiger partial charge in [0.25, 0.3) is 0 Å². The molecule has 1 aromatic rings. The van der Waals surface area contributed by atoms with Gasteiger partial charge in [-0.05, 0) is 30.7 Å². The molecular formula is C28H48N2O3S. The normalized spacial score (nSPS) is 10.9. The number of amides is 2. The third-order valence-corrected chi connectivity index (χ3v) is 7.03. The van der Waals surface area contributed by atoms with Gasteiger partial charge in [0.1, 0.15) is 5.75 Å². The van der Waals surface area contributed by atoms with Crippen LogP contribution in [0.15, 0.2) is 29.2 Å². The number of phenols is 1. The van der Waals surface area contributed by atoms with Crippen molar-refractivity contribution in [2.24, 2.45) is 0 Å². The first-order valence-corrected chi connectivity index (χ1v) is 14.6. The summed E-state index contributed by atoms with van der Waals surface area (Å²) in [5, 5.41) is 14.8. The van der Waals surface area contributed by atoms with Gasteiger partial charge in [-0.25, -0.2) is 0 Å². The van der Waals surface area contributed by atoms with Gasteiger partial charge in [-0.1, -0.05) is 96.8 Å². The molecule has 0 spiro atoms. The lowest BCUT2D eigenvalue weighted by molar-refractivity contribution is -0.122. The monoisotopic (exact) mass is 492 g/mol. The Labute approximate surface area is 212 Å². The van der Waals surface area contributed by atoms with Crippen molar-refractivity contribution in [3.8, 4) is 5.75 Å². The van der Waals surface area contributed by atoms with Crippen molar-refractivity contribution in [2.75, 3.05) is 12.4 Å². The molecule has 1 rings (SSSR count). The van der Waals surface area contributed by atoms with Gasteiger partial charge in [0.2, 0.25) is 11.8 Å². The largest absolute Gasteiger partial charge is 0.508 e. The number of hydrogen-bond acceptors (Lipinski definition) is 4. The minimum Gasteiger partial charge on any atom is -0.508 e. The van der Waals surface area contributed by atoms with Crippen LogP contribution < -0.4 is 10.6 Å². The summed E-state index contributed by atoms with van der Waals surface area (Å²) >= 11 is 1.57. The molecule has 2 amide bonds. The van der Waals surface area contributed by atoms with Gasteiger partial charge in [-0.15, -0.1) is 11.8 Å². The summed E-state index contributed by atoms with van der Waals surface area (Å²) in [7, 11) is 0. The van der Waals surface area contributed by atoms with Crippen molar-refractivity contribution in [1.82, 2.24) is 10.6 Å². The summed E-state index contributed by atoms with van der Waals surface area (Å²) in [5.74, 6) is 0.832. The van der Waals surface area contributed by atoms with Crippen molar-refractivity contribution in [2.45, 2.75) is 121 Å². The van der Waals surface area contributed by atoms with Gasteiger partial charge in [0.05, 0.1) is 6.67 Å². The zero-order valence-corrected chi connectivity index (χ0v) is 22.2. The molecule has 0 radical (unpaired) electrons. The van der Waals surface area contributed by atoms with Crippen molar-refractivity contribution < 1.29 is 14.7 Å². The maximum absolute atomic E-state index is 11.9. The van der Waals surface area contributed by atoms with Crippen LogP contribution in [0.2, 0.25) is 0 Å². The fraction of sp³-hybridized carbons (Fsp3) is 0.714. The first kappa shape index (κ1) is 30.3. The molecule has 0 heterocycles. The van der Waals surface area contributed by atoms with Crippen LogP contribution in [0.1, 0.15) is 116 Å². The number of aromatic hydroxyl groups is 1. The van der Waals surface area contributed by atoms with E-state index in [0.29, 0.717) is 18.6 Å². The number of unbranched alkanes of at least 4 members (excludes halogenated alkanes) is 14. The first-order chi connectivity index (χ1) is 16.6. The van der Waals surface area contributed by atoms with Crippen LogP contribution in [0.25, 0.3) is 0 Å². The van der Waals surface area contributed by atoms with Crippen LogP contribution in [0.3, 0.4) is 0 Å². The number of carbonyl (C=O) groups excluding carboxylic acids is 2. The fourth-order valence-electron chi connectivity index (χ4n) is 3.88. The average molecular weight is 493 g/mol. The van der Waals surface area contributed by atoms with E-state index < -0.39 is 0 Å². The zero-order chi connectivity index (χ0) is 24.7. The Kier molecular flexibility index (Phi) is 19.5. The molecule has 0 fully saturated rings. The Hall–Kier alpha value is -1.69. The molecule has 0 aliphatic carbocycles.